The molecule has 278 valence electrons. The average molecular weight is 743 g/mol. The van der Waals surface area contributed by atoms with Gasteiger partial charge in [0, 0.05) is 0 Å². The van der Waals surface area contributed by atoms with Crippen LogP contribution in [0.2, 0.25) is 0 Å². The molecule has 0 nitrogen and oxygen atoms in total. The topological polar surface area (TPSA) is 0 Å². The van der Waals surface area contributed by atoms with E-state index in [0.29, 0.717) is 17.8 Å². The van der Waals surface area contributed by atoms with Crippen molar-refractivity contribution in [1.82, 2.24) is 0 Å². The Labute approximate surface area is 340 Å². The van der Waals surface area contributed by atoms with E-state index in [2.05, 4.69) is 155 Å². The minimum absolute atomic E-state index is 0.419. The highest BCUT2D eigenvalue weighted by atomic mass is 14.4. The zero-order valence-corrected chi connectivity index (χ0v) is 33.9. The van der Waals surface area contributed by atoms with Gasteiger partial charge < -0.3 is 0 Å². The third-order valence-electron chi connectivity index (χ3n) is 14.8. The predicted molar refractivity (Wildman–Crippen MR) is 247 cm³/mol. The SMILES string of the molecule is CC(C)c1cc(C(C)C)c2cc3c4c5c(ccc1c25)CCC=4c1c-3c(-c2ccccc2)c2cc3c(cc2c1-c1ccccc1)C1=c2c-3cccc2=C2C=CCCC2C1. The zero-order chi connectivity index (χ0) is 38.6. The van der Waals surface area contributed by atoms with E-state index in [4.69, 9.17) is 0 Å². The molecule has 0 aromatic heterocycles. The third-order valence-corrected chi connectivity index (χ3v) is 14.8. The summed E-state index contributed by atoms with van der Waals surface area (Å²) in [6.45, 7) is 9.52. The Morgan fingerprint density at radius 3 is 1.93 bits per heavy atom. The van der Waals surface area contributed by atoms with Crippen molar-refractivity contribution in [2.75, 3.05) is 0 Å². The van der Waals surface area contributed by atoms with Crippen LogP contribution < -0.4 is 15.7 Å². The number of fused-ring (bicyclic) bond motifs is 8. The van der Waals surface area contributed by atoms with Crippen LogP contribution in [0.1, 0.15) is 93.0 Å². The van der Waals surface area contributed by atoms with Crippen molar-refractivity contribution < 1.29 is 0 Å². The Hall–Kier alpha value is -5.98. The highest BCUT2D eigenvalue weighted by Gasteiger charge is 2.36. The van der Waals surface area contributed by atoms with Gasteiger partial charge in [-0.3, -0.25) is 0 Å². The van der Waals surface area contributed by atoms with Crippen LogP contribution in [0.3, 0.4) is 0 Å². The Kier molecular flexibility index (Phi) is 6.72. The van der Waals surface area contributed by atoms with Crippen molar-refractivity contribution in [2.45, 2.75) is 71.6 Å². The number of benzene rings is 8. The predicted octanol–water partition coefficient (Wildman–Crippen LogP) is 13.3. The van der Waals surface area contributed by atoms with Crippen molar-refractivity contribution in [1.29, 1.82) is 0 Å². The van der Waals surface area contributed by atoms with Crippen LogP contribution in [-0.2, 0) is 6.42 Å². The molecule has 0 saturated heterocycles. The smallest absolute Gasteiger partial charge is 0.00106 e. The number of hydrogen-bond acceptors (Lipinski definition) is 0. The average Bonchev–Trinajstić information content (AvgIpc) is 3.75. The standard InChI is InChI=1S/C58H46/c1-31(2)42-27-43(32(3)4)47-30-50-56-41(25-23-35-22-24-40(42)55(47)53(35)56)57-51(33-14-7-5-8-15-33)49-29-45-44(28-48(49)52(58(50)57)34-16-9-6-10-17-34)39-21-13-20-38-37-19-12-11-18-36(37)26-46(45)54(38)39/h5-10,12-17,19-22,24,27-32,36H,11,18,23,25-26H2,1-4H3. The molecule has 0 spiro atoms. The minimum atomic E-state index is 0.419. The van der Waals surface area contributed by atoms with Gasteiger partial charge in [-0.25, -0.2) is 0 Å². The van der Waals surface area contributed by atoms with E-state index in [9.17, 15) is 0 Å². The van der Waals surface area contributed by atoms with Crippen molar-refractivity contribution >= 4 is 49.0 Å². The molecule has 0 amide bonds. The Bertz CT molecular complexity index is 3390. The number of aryl methyl sites for hydroxylation is 1. The maximum atomic E-state index is 2.65. The molecule has 0 bridgehead atoms. The van der Waals surface area contributed by atoms with Gasteiger partial charge in [-0.05, 0) is 205 Å². The highest BCUT2D eigenvalue weighted by Crippen LogP contribution is 2.55. The lowest BCUT2D eigenvalue weighted by atomic mass is 9.77. The molecule has 1 atom stereocenters. The van der Waals surface area contributed by atoms with Crippen LogP contribution in [0.25, 0.3) is 93.5 Å². The summed E-state index contributed by atoms with van der Waals surface area (Å²) in [5.41, 5.74) is 23.2. The number of rotatable bonds is 4. The Morgan fingerprint density at radius 2 is 1.19 bits per heavy atom. The monoisotopic (exact) mass is 742 g/mol. The normalized spacial score (nSPS) is 16.9. The van der Waals surface area contributed by atoms with E-state index in [1.165, 1.54) is 133 Å². The first-order chi connectivity index (χ1) is 28.5. The molecule has 0 fully saturated rings. The fourth-order valence-corrected chi connectivity index (χ4v) is 12.4. The molecule has 8 aromatic rings. The molecular formula is C58H46. The summed E-state index contributed by atoms with van der Waals surface area (Å²) in [7, 11) is 0. The second-order valence-electron chi connectivity index (χ2n) is 18.4. The van der Waals surface area contributed by atoms with Gasteiger partial charge in [0.25, 0.3) is 0 Å². The molecule has 58 heavy (non-hydrogen) atoms. The van der Waals surface area contributed by atoms with Gasteiger partial charge in [0.1, 0.15) is 0 Å². The molecule has 13 rings (SSSR count). The summed E-state index contributed by atoms with van der Waals surface area (Å²) in [5, 5.41) is 13.1. The lowest BCUT2D eigenvalue weighted by Gasteiger charge is -2.26. The van der Waals surface area contributed by atoms with Gasteiger partial charge in [-0.15, -0.1) is 0 Å². The van der Waals surface area contributed by atoms with Gasteiger partial charge in [0.05, 0.1) is 0 Å². The fourth-order valence-electron chi connectivity index (χ4n) is 12.4. The van der Waals surface area contributed by atoms with E-state index in [1.807, 2.05) is 0 Å². The molecular weight excluding hydrogens is 697 g/mol. The van der Waals surface area contributed by atoms with Crippen molar-refractivity contribution in [3.8, 4) is 44.5 Å². The van der Waals surface area contributed by atoms with Gasteiger partial charge in [0.2, 0.25) is 0 Å². The summed E-state index contributed by atoms with van der Waals surface area (Å²) in [6, 6.07) is 45.3. The largest absolute Gasteiger partial charge is 0.0842 e. The van der Waals surface area contributed by atoms with Crippen LogP contribution in [0.15, 0.2) is 127 Å². The van der Waals surface area contributed by atoms with Crippen LogP contribution >= 0.6 is 0 Å². The molecule has 5 aliphatic rings. The summed E-state index contributed by atoms with van der Waals surface area (Å²) in [5.74, 6) is 1.46. The highest BCUT2D eigenvalue weighted by molar-refractivity contribution is 6.24. The maximum absolute atomic E-state index is 2.65. The van der Waals surface area contributed by atoms with Gasteiger partial charge in [-0.2, -0.15) is 0 Å². The Morgan fingerprint density at radius 1 is 0.500 bits per heavy atom. The van der Waals surface area contributed by atoms with E-state index in [-0.39, 0.29) is 0 Å². The summed E-state index contributed by atoms with van der Waals surface area (Å²) in [6.07, 6.45) is 10.5. The number of hydrogen-bond donors (Lipinski definition) is 0. The van der Waals surface area contributed by atoms with Gasteiger partial charge >= 0.3 is 0 Å². The van der Waals surface area contributed by atoms with Crippen LogP contribution in [-0.4, -0.2) is 0 Å². The van der Waals surface area contributed by atoms with Crippen molar-refractivity contribution in [3.63, 3.8) is 0 Å². The number of allylic oxidation sites excluding steroid dienone is 2. The maximum Gasteiger partial charge on any atom is -0.00106 e. The lowest BCUT2D eigenvalue weighted by molar-refractivity contribution is 0.613. The van der Waals surface area contributed by atoms with E-state index in [0.717, 1.165) is 19.3 Å². The summed E-state index contributed by atoms with van der Waals surface area (Å²) >= 11 is 0. The molecule has 0 heterocycles. The van der Waals surface area contributed by atoms with E-state index < -0.39 is 0 Å². The summed E-state index contributed by atoms with van der Waals surface area (Å²) < 4.78 is 0. The molecule has 0 N–H and O–H groups in total. The van der Waals surface area contributed by atoms with Crippen LogP contribution in [0.4, 0.5) is 0 Å². The fraction of sp³-hybridized carbons (Fsp3) is 0.207. The van der Waals surface area contributed by atoms with Crippen molar-refractivity contribution in [3.05, 3.63) is 171 Å². The molecule has 5 aliphatic carbocycles. The van der Waals surface area contributed by atoms with Crippen LogP contribution in [0, 0.1) is 5.92 Å². The summed E-state index contributed by atoms with van der Waals surface area (Å²) in [4.78, 5) is 0. The second-order valence-corrected chi connectivity index (χ2v) is 18.4. The van der Waals surface area contributed by atoms with Crippen LogP contribution in [0.5, 0.6) is 0 Å². The Balaban J connectivity index is 1.25. The first-order valence-corrected chi connectivity index (χ1v) is 21.9. The second kappa shape index (κ2) is 11.8. The minimum Gasteiger partial charge on any atom is -0.0842 e. The first kappa shape index (κ1) is 33.0. The lowest BCUT2D eigenvalue weighted by Crippen LogP contribution is -2.35. The molecule has 0 heteroatoms. The third kappa shape index (κ3) is 4.21. The molecule has 0 aliphatic heterocycles. The molecule has 0 radical (unpaired) electrons. The van der Waals surface area contributed by atoms with Gasteiger partial charge in [-0.1, -0.05) is 137 Å². The van der Waals surface area contributed by atoms with E-state index in [1.54, 1.807) is 16.7 Å². The first-order valence-electron chi connectivity index (χ1n) is 21.9. The molecule has 8 aromatic carbocycles. The quantitative estimate of drug-likeness (QED) is 0.168. The molecule has 0 saturated carbocycles. The van der Waals surface area contributed by atoms with E-state index >= 15 is 0 Å². The van der Waals surface area contributed by atoms with Crippen molar-refractivity contribution in [2.24, 2.45) is 5.92 Å². The van der Waals surface area contributed by atoms with Gasteiger partial charge in [0.15, 0.2) is 0 Å². The molecule has 1 unspecified atom stereocenters. The zero-order valence-electron chi connectivity index (χ0n) is 33.9.